The molecule has 1 aliphatic carbocycles. The first kappa shape index (κ1) is 14.3. The van der Waals surface area contributed by atoms with Crippen molar-refractivity contribution in [2.45, 2.75) is 31.7 Å². The topological polar surface area (TPSA) is 98.7 Å². The zero-order chi connectivity index (χ0) is 13.8. The predicted molar refractivity (Wildman–Crippen MR) is 64.1 cm³/mol. The van der Waals surface area contributed by atoms with Crippen molar-refractivity contribution >= 4 is 17.9 Å². The van der Waals surface area contributed by atoms with E-state index in [9.17, 15) is 14.4 Å². The summed E-state index contributed by atoms with van der Waals surface area (Å²) in [7, 11) is 1.48. The van der Waals surface area contributed by atoms with Crippen LogP contribution in [0.3, 0.4) is 0 Å². The van der Waals surface area contributed by atoms with Crippen LogP contribution in [-0.2, 0) is 9.59 Å². The number of carbonyl (C=O) groups excluding carboxylic acids is 2. The lowest BCUT2D eigenvalue weighted by Gasteiger charge is -2.39. The Kier molecular flexibility index (Phi) is 4.52. The van der Waals surface area contributed by atoms with Crippen molar-refractivity contribution in [1.82, 2.24) is 15.5 Å². The number of nitrogens with zero attached hydrogens (tertiary/aromatic N) is 1. The molecule has 0 aromatic rings. The second-order valence-electron chi connectivity index (χ2n) is 4.36. The first-order valence-corrected chi connectivity index (χ1v) is 5.96. The third-order valence-electron chi connectivity index (χ3n) is 3.24. The van der Waals surface area contributed by atoms with Gasteiger partial charge in [0.2, 0.25) is 5.91 Å². The number of hydrogen-bond acceptors (Lipinski definition) is 3. The number of amides is 3. The van der Waals surface area contributed by atoms with Gasteiger partial charge in [0.15, 0.2) is 0 Å². The largest absolute Gasteiger partial charge is 0.480 e. The first-order chi connectivity index (χ1) is 8.45. The highest BCUT2D eigenvalue weighted by atomic mass is 16.4. The quantitative estimate of drug-likeness (QED) is 0.633. The number of rotatable bonds is 5. The van der Waals surface area contributed by atoms with Crippen LogP contribution in [0.1, 0.15) is 26.2 Å². The van der Waals surface area contributed by atoms with Crippen molar-refractivity contribution in [1.29, 1.82) is 0 Å². The van der Waals surface area contributed by atoms with E-state index in [4.69, 9.17) is 5.11 Å². The van der Waals surface area contributed by atoms with Crippen molar-refractivity contribution in [3.05, 3.63) is 0 Å². The minimum absolute atomic E-state index is 0.0749. The normalized spacial score (nSPS) is 16.3. The second-order valence-corrected chi connectivity index (χ2v) is 4.36. The third-order valence-corrected chi connectivity index (χ3v) is 3.24. The molecule has 1 saturated carbocycles. The fourth-order valence-electron chi connectivity index (χ4n) is 1.79. The van der Waals surface area contributed by atoms with Gasteiger partial charge < -0.3 is 20.6 Å². The zero-order valence-electron chi connectivity index (χ0n) is 10.7. The van der Waals surface area contributed by atoms with Crippen molar-refractivity contribution in [3.8, 4) is 0 Å². The van der Waals surface area contributed by atoms with E-state index in [2.05, 4.69) is 10.6 Å². The molecule has 3 N–H and O–H groups in total. The molecule has 1 rings (SSSR count). The van der Waals surface area contributed by atoms with Gasteiger partial charge in [-0.25, -0.2) is 9.59 Å². The average molecular weight is 257 g/mol. The lowest BCUT2D eigenvalue weighted by molar-refractivity contribution is -0.148. The maximum atomic E-state index is 11.9. The summed E-state index contributed by atoms with van der Waals surface area (Å²) < 4.78 is 0. The number of carboxylic acids is 1. The number of carboxylic acid groups (broad SMARTS) is 1. The monoisotopic (exact) mass is 257 g/mol. The first-order valence-electron chi connectivity index (χ1n) is 5.96. The van der Waals surface area contributed by atoms with Crippen LogP contribution in [0.25, 0.3) is 0 Å². The summed E-state index contributed by atoms with van der Waals surface area (Å²) >= 11 is 0. The molecule has 7 nitrogen and oxygen atoms in total. The molecular formula is C11H19N3O4. The molecule has 0 unspecified atom stereocenters. The van der Waals surface area contributed by atoms with E-state index in [-0.39, 0.29) is 12.5 Å². The lowest BCUT2D eigenvalue weighted by atomic mass is 9.77. The number of aliphatic carboxylic acids is 1. The number of nitrogens with one attached hydrogen (secondary N) is 2. The molecule has 0 aliphatic heterocycles. The highest BCUT2D eigenvalue weighted by Gasteiger charge is 2.46. The fourth-order valence-corrected chi connectivity index (χ4v) is 1.79. The van der Waals surface area contributed by atoms with Crippen molar-refractivity contribution in [2.75, 3.05) is 20.1 Å². The van der Waals surface area contributed by atoms with Gasteiger partial charge in [-0.05, 0) is 26.2 Å². The second kappa shape index (κ2) is 5.70. The Bertz CT molecular complexity index is 352. The van der Waals surface area contributed by atoms with E-state index in [1.807, 2.05) is 0 Å². The molecule has 7 heteroatoms. The molecule has 0 spiro atoms. The van der Waals surface area contributed by atoms with Gasteiger partial charge >= 0.3 is 12.0 Å². The Labute approximate surface area is 106 Å². The van der Waals surface area contributed by atoms with Gasteiger partial charge in [0.25, 0.3) is 0 Å². The molecule has 3 amide bonds. The van der Waals surface area contributed by atoms with Crippen molar-refractivity contribution < 1.29 is 19.5 Å². The molecule has 18 heavy (non-hydrogen) atoms. The van der Waals surface area contributed by atoms with E-state index in [1.165, 1.54) is 11.9 Å². The molecule has 0 aromatic heterocycles. The molecule has 0 atom stereocenters. The van der Waals surface area contributed by atoms with Gasteiger partial charge in [0.05, 0.1) is 0 Å². The molecular weight excluding hydrogens is 238 g/mol. The summed E-state index contributed by atoms with van der Waals surface area (Å²) in [6.45, 7) is 2.00. The third kappa shape index (κ3) is 2.91. The Morgan fingerprint density at radius 2 is 1.94 bits per heavy atom. The van der Waals surface area contributed by atoms with Gasteiger partial charge in [-0.2, -0.15) is 0 Å². The highest BCUT2D eigenvalue weighted by Crippen LogP contribution is 2.32. The van der Waals surface area contributed by atoms with Crippen LogP contribution in [0.4, 0.5) is 4.79 Å². The van der Waals surface area contributed by atoms with Crippen LogP contribution >= 0.6 is 0 Å². The van der Waals surface area contributed by atoms with E-state index < -0.39 is 17.5 Å². The van der Waals surface area contributed by atoms with Crippen LogP contribution < -0.4 is 10.6 Å². The van der Waals surface area contributed by atoms with E-state index in [0.29, 0.717) is 19.4 Å². The summed E-state index contributed by atoms with van der Waals surface area (Å²) in [6.07, 6.45) is 1.66. The summed E-state index contributed by atoms with van der Waals surface area (Å²) in [6, 6.07) is -0.511. The number of carbonyl (C=O) groups is 3. The predicted octanol–water partition coefficient (Wildman–Crippen LogP) is -0.229. The molecule has 1 aliphatic rings. The molecule has 1 fully saturated rings. The van der Waals surface area contributed by atoms with E-state index in [1.54, 1.807) is 6.92 Å². The van der Waals surface area contributed by atoms with Gasteiger partial charge in [-0.3, -0.25) is 4.79 Å². The molecule has 0 bridgehead atoms. The van der Waals surface area contributed by atoms with Crippen molar-refractivity contribution in [2.24, 2.45) is 0 Å². The molecule has 0 radical (unpaired) electrons. The van der Waals surface area contributed by atoms with Crippen molar-refractivity contribution in [3.63, 3.8) is 0 Å². The molecule has 0 aromatic carbocycles. The summed E-state index contributed by atoms with van der Waals surface area (Å²) in [5, 5.41) is 14.0. The summed E-state index contributed by atoms with van der Waals surface area (Å²) in [4.78, 5) is 35.5. The van der Waals surface area contributed by atoms with Crippen LogP contribution in [-0.4, -0.2) is 53.6 Å². The molecule has 102 valence electrons. The van der Waals surface area contributed by atoms with Gasteiger partial charge in [-0.1, -0.05) is 0 Å². The van der Waals surface area contributed by atoms with E-state index >= 15 is 0 Å². The van der Waals surface area contributed by atoms with Gasteiger partial charge in [-0.15, -0.1) is 0 Å². The smallest absolute Gasteiger partial charge is 0.329 e. The SMILES string of the molecule is CCN(CC(=O)NC)C(=O)NC1(C(=O)O)CCC1. The number of likely N-dealkylation sites (N-methyl/N-ethyl adjacent to an activating group) is 2. The fraction of sp³-hybridized carbons (Fsp3) is 0.727. The Morgan fingerprint density at radius 3 is 2.28 bits per heavy atom. The molecule has 0 saturated heterocycles. The summed E-state index contributed by atoms with van der Waals surface area (Å²) in [5.74, 6) is -1.30. The standard InChI is InChI=1S/C11H19N3O4/c1-3-14(7-8(15)12-2)10(18)13-11(9(16)17)5-4-6-11/h3-7H2,1-2H3,(H,12,15)(H,13,18)(H,16,17). The Hall–Kier alpha value is -1.79. The van der Waals surface area contributed by atoms with Gasteiger partial charge in [0.1, 0.15) is 12.1 Å². The lowest BCUT2D eigenvalue weighted by Crippen LogP contribution is -2.62. The molecule has 0 heterocycles. The number of urea groups is 1. The number of hydrogen-bond donors (Lipinski definition) is 3. The minimum Gasteiger partial charge on any atom is -0.480 e. The highest BCUT2D eigenvalue weighted by molar-refractivity contribution is 5.89. The maximum absolute atomic E-state index is 11.9. The van der Waals surface area contributed by atoms with Gasteiger partial charge in [0, 0.05) is 13.6 Å². The Balaban J connectivity index is 2.62. The van der Waals surface area contributed by atoms with E-state index in [0.717, 1.165) is 6.42 Å². The van der Waals surface area contributed by atoms with Crippen LogP contribution in [0, 0.1) is 0 Å². The summed E-state index contributed by atoms with van der Waals surface area (Å²) in [5.41, 5.74) is -1.15. The zero-order valence-corrected chi connectivity index (χ0v) is 10.7. The van der Waals surface area contributed by atoms with Crippen LogP contribution in [0.15, 0.2) is 0 Å². The van der Waals surface area contributed by atoms with Crippen LogP contribution in [0.2, 0.25) is 0 Å². The maximum Gasteiger partial charge on any atom is 0.329 e. The Morgan fingerprint density at radius 1 is 1.33 bits per heavy atom. The van der Waals surface area contributed by atoms with Crippen LogP contribution in [0.5, 0.6) is 0 Å². The minimum atomic E-state index is -1.15. The average Bonchev–Trinajstić information content (AvgIpc) is 2.29.